The van der Waals surface area contributed by atoms with Gasteiger partial charge in [0.2, 0.25) is 0 Å². The van der Waals surface area contributed by atoms with Gasteiger partial charge in [0.1, 0.15) is 18.2 Å². The van der Waals surface area contributed by atoms with Crippen LogP contribution in [0.4, 0.5) is 11.5 Å². The lowest BCUT2D eigenvalue weighted by Gasteiger charge is -2.11. The van der Waals surface area contributed by atoms with Gasteiger partial charge < -0.3 is 15.4 Å². The Morgan fingerprint density at radius 1 is 1.13 bits per heavy atom. The second-order valence-corrected chi connectivity index (χ2v) is 7.63. The van der Waals surface area contributed by atoms with Gasteiger partial charge in [0.05, 0.1) is 11.7 Å². The molecule has 2 aromatic heterocycles. The summed E-state index contributed by atoms with van der Waals surface area (Å²) in [4.78, 5) is 9.29. The Morgan fingerprint density at radius 2 is 2.07 bits per heavy atom. The summed E-state index contributed by atoms with van der Waals surface area (Å²) < 4.78 is 5.89. The molecule has 7 nitrogen and oxygen atoms in total. The van der Waals surface area contributed by atoms with Gasteiger partial charge in [0, 0.05) is 41.0 Å². The fourth-order valence-electron chi connectivity index (χ4n) is 3.31. The maximum atomic E-state index is 5.89. The lowest BCUT2D eigenvalue weighted by Crippen LogP contribution is -2.22. The summed E-state index contributed by atoms with van der Waals surface area (Å²) in [5.41, 5.74) is 3.86. The van der Waals surface area contributed by atoms with Crippen molar-refractivity contribution in [3.05, 3.63) is 60.4 Å². The van der Waals surface area contributed by atoms with E-state index >= 15 is 0 Å². The number of benzene rings is 2. The molecule has 0 unspecified atom stereocenters. The number of nitrogens with one attached hydrogen (secondary N) is 3. The van der Waals surface area contributed by atoms with Gasteiger partial charge in [-0.15, -0.1) is 0 Å². The highest BCUT2D eigenvalue weighted by atomic mass is 16.5. The topological polar surface area (TPSA) is 87.8 Å². The van der Waals surface area contributed by atoms with Crippen LogP contribution in [0.2, 0.25) is 0 Å². The SMILES string of the molecule is Cc1cnc(-c2cccc(OCCNC3CC3)c2)nc1Nc1ccc2[nH]ncc2c1. The number of anilines is 2. The summed E-state index contributed by atoms with van der Waals surface area (Å²) in [5.74, 6) is 2.27. The number of ether oxygens (including phenoxy) is 1. The first kappa shape index (κ1) is 18.6. The number of H-pyrrole nitrogens is 1. The quantitative estimate of drug-likeness (QED) is 0.384. The van der Waals surface area contributed by atoms with Crippen molar-refractivity contribution in [3.63, 3.8) is 0 Å². The van der Waals surface area contributed by atoms with Crippen molar-refractivity contribution in [3.8, 4) is 17.1 Å². The van der Waals surface area contributed by atoms with Crippen LogP contribution in [0.3, 0.4) is 0 Å². The molecule has 0 saturated heterocycles. The molecule has 1 fully saturated rings. The average molecular weight is 400 g/mol. The molecule has 1 aliphatic rings. The van der Waals surface area contributed by atoms with Gasteiger partial charge >= 0.3 is 0 Å². The van der Waals surface area contributed by atoms with Crippen molar-refractivity contribution in [2.75, 3.05) is 18.5 Å². The van der Waals surface area contributed by atoms with Crippen LogP contribution < -0.4 is 15.4 Å². The van der Waals surface area contributed by atoms with Crippen LogP contribution >= 0.6 is 0 Å². The average Bonchev–Trinajstić information content (AvgIpc) is 3.48. The van der Waals surface area contributed by atoms with Gasteiger partial charge in [0.25, 0.3) is 0 Å². The maximum absolute atomic E-state index is 5.89. The first-order valence-corrected chi connectivity index (χ1v) is 10.2. The van der Waals surface area contributed by atoms with E-state index in [9.17, 15) is 0 Å². The van der Waals surface area contributed by atoms with Crippen molar-refractivity contribution in [2.24, 2.45) is 0 Å². The largest absolute Gasteiger partial charge is 0.492 e. The second kappa shape index (κ2) is 8.12. The molecule has 0 spiro atoms. The van der Waals surface area contributed by atoms with Gasteiger partial charge in [-0.2, -0.15) is 5.10 Å². The zero-order chi connectivity index (χ0) is 20.3. The van der Waals surface area contributed by atoms with Crippen LogP contribution in [-0.4, -0.2) is 39.4 Å². The van der Waals surface area contributed by atoms with Gasteiger partial charge in [-0.25, -0.2) is 9.97 Å². The molecule has 0 amide bonds. The van der Waals surface area contributed by atoms with E-state index in [0.29, 0.717) is 18.5 Å². The molecule has 2 aromatic carbocycles. The van der Waals surface area contributed by atoms with Crippen molar-refractivity contribution < 1.29 is 4.74 Å². The smallest absolute Gasteiger partial charge is 0.161 e. The Bertz CT molecular complexity index is 1170. The van der Waals surface area contributed by atoms with Crippen LogP contribution in [0.5, 0.6) is 5.75 Å². The summed E-state index contributed by atoms with van der Waals surface area (Å²) in [7, 11) is 0. The zero-order valence-corrected chi connectivity index (χ0v) is 16.9. The summed E-state index contributed by atoms with van der Waals surface area (Å²) in [6.07, 6.45) is 6.22. The third kappa shape index (κ3) is 4.26. The molecule has 3 N–H and O–H groups in total. The third-order valence-electron chi connectivity index (χ3n) is 5.15. The monoisotopic (exact) mass is 400 g/mol. The number of aromatic amines is 1. The maximum Gasteiger partial charge on any atom is 0.161 e. The fourth-order valence-corrected chi connectivity index (χ4v) is 3.31. The molecule has 0 atom stereocenters. The molecule has 7 heteroatoms. The summed E-state index contributed by atoms with van der Waals surface area (Å²) in [5, 5.41) is 14.9. The Morgan fingerprint density at radius 3 is 2.97 bits per heavy atom. The van der Waals surface area contributed by atoms with Crippen molar-refractivity contribution >= 4 is 22.4 Å². The molecule has 0 radical (unpaired) electrons. The highest BCUT2D eigenvalue weighted by Gasteiger charge is 2.19. The first-order valence-electron chi connectivity index (χ1n) is 10.2. The van der Waals surface area contributed by atoms with Crippen LogP contribution in [-0.2, 0) is 0 Å². The van der Waals surface area contributed by atoms with E-state index in [1.54, 1.807) is 0 Å². The zero-order valence-electron chi connectivity index (χ0n) is 16.9. The number of nitrogens with zero attached hydrogens (tertiary/aromatic N) is 3. The van der Waals surface area contributed by atoms with E-state index in [4.69, 9.17) is 9.72 Å². The van der Waals surface area contributed by atoms with Crippen LogP contribution in [0, 0.1) is 6.92 Å². The first-order chi connectivity index (χ1) is 14.7. The minimum atomic E-state index is 0.651. The predicted octanol–water partition coefficient (Wildman–Crippen LogP) is 4.20. The van der Waals surface area contributed by atoms with Gasteiger partial charge in [-0.3, -0.25) is 5.10 Å². The lowest BCUT2D eigenvalue weighted by molar-refractivity contribution is 0.313. The lowest BCUT2D eigenvalue weighted by atomic mass is 10.2. The van der Waals surface area contributed by atoms with E-state index in [1.807, 2.05) is 61.8 Å². The number of aryl methyl sites for hydroxylation is 1. The van der Waals surface area contributed by atoms with Crippen LogP contribution in [0.25, 0.3) is 22.3 Å². The summed E-state index contributed by atoms with van der Waals surface area (Å²) >= 11 is 0. The normalized spacial score (nSPS) is 13.5. The molecule has 152 valence electrons. The molecular formula is C23H24N6O. The molecule has 30 heavy (non-hydrogen) atoms. The Balaban J connectivity index is 1.32. The number of rotatable bonds is 8. The Hall–Kier alpha value is -3.45. The van der Waals surface area contributed by atoms with Gasteiger partial charge in [0.15, 0.2) is 5.82 Å². The molecule has 0 aliphatic heterocycles. The van der Waals surface area contributed by atoms with E-state index in [0.717, 1.165) is 45.8 Å². The molecule has 4 aromatic rings. The summed E-state index contributed by atoms with van der Waals surface area (Å²) in [6, 6.07) is 14.7. The molecule has 1 saturated carbocycles. The second-order valence-electron chi connectivity index (χ2n) is 7.63. The fraction of sp³-hybridized carbons (Fsp3) is 0.261. The highest BCUT2D eigenvalue weighted by Crippen LogP contribution is 2.26. The Kier molecular flexibility index (Phi) is 5.03. The van der Waals surface area contributed by atoms with Crippen LogP contribution in [0.15, 0.2) is 54.9 Å². The Labute approximate surface area is 174 Å². The number of aromatic nitrogens is 4. The van der Waals surface area contributed by atoms with E-state index in [2.05, 4.69) is 25.8 Å². The molecule has 0 bridgehead atoms. The molecule has 5 rings (SSSR count). The molecule has 2 heterocycles. The predicted molar refractivity (Wildman–Crippen MR) is 118 cm³/mol. The van der Waals surface area contributed by atoms with Crippen molar-refractivity contribution in [1.82, 2.24) is 25.5 Å². The third-order valence-corrected chi connectivity index (χ3v) is 5.15. The summed E-state index contributed by atoms with van der Waals surface area (Å²) in [6.45, 7) is 3.51. The highest BCUT2D eigenvalue weighted by molar-refractivity contribution is 5.82. The van der Waals surface area contributed by atoms with Crippen LogP contribution in [0.1, 0.15) is 18.4 Å². The molecule has 1 aliphatic carbocycles. The number of hydrogen-bond donors (Lipinski definition) is 3. The van der Waals surface area contributed by atoms with E-state index in [1.165, 1.54) is 12.8 Å². The standard InChI is InChI=1S/C23H24N6O/c1-15-13-25-23(16-3-2-4-20(12-16)30-10-9-24-18-5-6-18)28-22(15)27-19-7-8-21-17(11-19)14-26-29-21/h2-4,7-8,11-14,18,24H,5-6,9-10H2,1H3,(H,26,29)(H,25,27,28). The minimum Gasteiger partial charge on any atom is -0.492 e. The minimum absolute atomic E-state index is 0.651. The number of fused-ring (bicyclic) bond motifs is 1. The van der Waals surface area contributed by atoms with Crippen molar-refractivity contribution in [1.29, 1.82) is 0 Å². The van der Waals surface area contributed by atoms with E-state index < -0.39 is 0 Å². The molecular weight excluding hydrogens is 376 g/mol. The van der Waals surface area contributed by atoms with Gasteiger partial charge in [-0.05, 0) is 50.1 Å². The number of hydrogen-bond acceptors (Lipinski definition) is 6. The van der Waals surface area contributed by atoms with Crippen molar-refractivity contribution in [2.45, 2.75) is 25.8 Å². The van der Waals surface area contributed by atoms with Gasteiger partial charge in [-0.1, -0.05) is 12.1 Å². The van der Waals surface area contributed by atoms with E-state index in [-0.39, 0.29) is 0 Å².